The van der Waals surface area contributed by atoms with Gasteiger partial charge in [-0.2, -0.15) is 5.10 Å². The van der Waals surface area contributed by atoms with Crippen molar-refractivity contribution in [3.8, 4) is 0 Å². The number of aliphatic hydroxyl groups is 1. The van der Waals surface area contributed by atoms with Crippen molar-refractivity contribution in [3.63, 3.8) is 0 Å². The Hall–Kier alpha value is -1.88. The Morgan fingerprint density at radius 3 is 2.45 bits per heavy atom. The van der Waals surface area contributed by atoms with Crippen LogP contribution in [-0.2, 0) is 0 Å². The second-order valence-corrected chi connectivity index (χ2v) is 6.17. The number of anilines is 1. The molecule has 5 nitrogen and oxygen atoms in total. The van der Waals surface area contributed by atoms with Crippen LogP contribution in [0.2, 0.25) is 0 Å². The fraction of sp³-hybridized carbons (Fsp3) is 0.529. The van der Waals surface area contributed by atoms with E-state index in [0.29, 0.717) is 5.92 Å². The summed E-state index contributed by atoms with van der Waals surface area (Å²) >= 11 is 0. The molecule has 1 N–H and O–H groups in total. The Labute approximate surface area is 131 Å². The third kappa shape index (κ3) is 3.14. The molecular weight excluding hydrogens is 278 g/mol. The number of hydrazone groups is 1. The Morgan fingerprint density at radius 2 is 1.91 bits per heavy atom. The monoisotopic (exact) mass is 301 g/mol. The van der Waals surface area contributed by atoms with E-state index in [0.717, 1.165) is 55.9 Å². The number of hydrogen-bond donors (Lipinski definition) is 1. The van der Waals surface area contributed by atoms with E-state index in [1.807, 2.05) is 41.1 Å². The van der Waals surface area contributed by atoms with Crippen molar-refractivity contribution in [3.05, 3.63) is 29.8 Å². The highest BCUT2D eigenvalue weighted by Crippen LogP contribution is 2.22. The maximum atomic E-state index is 12.5. The zero-order valence-electron chi connectivity index (χ0n) is 13.0. The maximum Gasteiger partial charge on any atom is 0.253 e. The van der Waals surface area contributed by atoms with Crippen molar-refractivity contribution in [2.45, 2.75) is 26.2 Å². The van der Waals surface area contributed by atoms with Crippen molar-refractivity contribution < 1.29 is 9.90 Å². The van der Waals surface area contributed by atoms with E-state index in [4.69, 9.17) is 5.11 Å². The summed E-state index contributed by atoms with van der Waals surface area (Å²) in [5.41, 5.74) is 2.91. The molecule has 5 heteroatoms. The Kier molecular flexibility index (Phi) is 4.43. The van der Waals surface area contributed by atoms with E-state index in [9.17, 15) is 4.79 Å². The average Bonchev–Trinajstić information content (AvgIpc) is 3.01. The maximum absolute atomic E-state index is 12.5. The summed E-state index contributed by atoms with van der Waals surface area (Å²) in [6.07, 6.45) is 2.78. The number of carbonyl (C=O) groups excluding carboxylic acids is 1. The van der Waals surface area contributed by atoms with Crippen molar-refractivity contribution in [1.29, 1.82) is 0 Å². The molecule has 0 radical (unpaired) electrons. The smallest absolute Gasteiger partial charge is 0.253 e. The molecule has 0 atom stereocenters. The summed E-state index contributed by atoms with van der Waals surface area (Å²) in [6.45, 7) is 4.65. The van der Waals surface area contributed by atoms with Gasteiger partial charge >= 0.3 is 0 Å². The Bertz CT molecular complexity index is 560. The van der Waals surface area contributed by atoms with Gasteiger partial charge in [-0.05, 0) is 49.9 Å². The Morgan fingerprint density at radius 1 is 1.23 bits per heavy atom. The molecular formula is C17H23N3O2. The lowest BCUT2D eigenvalue weighted by atomic mass is 9.97. The minimum absolute atomic E-state index is 0.0871. The van der Waals surface area contributed by atoms with Crippen molar-refractivity contribution in [1.82, 2.24) is 4.90 Å². The number of benzene rings is 1. The number of likely N-dealkylation sites (tertiary alicyclic amines) is 1. The van der Waals surface area contributed by atoms with Crippen LogP contribution in [0.1, 0.15) is 36.5 Å². The molecule has 1 fully saturated rings. The number of amides is 1. The van der Waals surface area contributed by atoms with Crippen LogP contribution in [0.25, 0.3) is 0 Å². The second kappa shape index (κ2) is 6.48. The molecule has 3 rings (SSSR count). The first kappa shape index (κ1) is 15.0. The molecule has 1 aromatic carbocycles. The van der Waals surface area contributed by atoms with E-state index < -0.39 is 0 Å². The average molecular weight is 301 g/mol. The van der Waals surface area contributed by atoms with E-state index in [1.54, 1.807) is 0 Å². The van der Waals surface area contributed by atoms with Crippen molar-refractivity contribution >= 4 is 17.3 Å². The topological polar surface area (TPSA) is 56.1 Å². The second-order valence-electron chi connectivity index (χ2n) is 6.17. The van der Waals surface area contributed by atoms with Crippen LogP contribution in [0.5, 0.6) is 0 Å². The van der Waals surface area contributed by atoms with Crippen LogP contribution in [-0.4, -0.2) is 47.9 Å². The highest BCUT2D eigenvalue weighted by molar-refractivity contribution is 5.94. The number of carbonyl (C=O) groups is 1. The molecule has 0 saturated carbocycles. The van der Waals surface area contributed by atoms with Gasteiger partial charge in [0, 0.05) is 43.9 Å². The summed E-state index contributed by atoms with van der Waals surface area (Å²) < 4.78 is 0. The summed E-state index contributed by atoms with van der Waals surface area (Å²) in [7, 11) is 0. The number of nitrogens with zero attached hydrogens (tertiary/aromatic N) is 3. The SMILES string of the molecule is CC1=NN(c2ccc(C(=O)N3CCC(CO)CC3)cc2)CC1. The number of rotatable bonds is 3. The van der Waals surface area contributed by atoms with Gasteiger partial charge in [-0.1, -0.05) is 0 Å². The lowest BCUT2D eigenvalue weighted by Crippen LogP contribution is -2.39. The van der Waals surface area contributed by atoms with Gasteiger partial charge in [0.1, 0.15) is 0 Å². The van der Waals surface area contributed by atoms with E-state index in [-0.39, 0.29) is 12.5 Å². The van der Waals surface area contributed by atoms with Crippen molar-refractivity contribution in [2.75, 3.05) is 31.3 Å². The molecule has 22 heavy (non-hydrogen) atoms. The molecule has 1 saturated heterocycles. The predicted octanol–water partition coefficient (Wildman–Crippen LogP) is 2.12. The number of hydrogen-bond acceptors (Lipinski definition) is 4. The van der Waals surface area contributed by atoms with Crippen LogP contribution in [0.3, 0.4) is 0 Å². The number of piperidine rings is 1. The lowest BCUT2D eigenvalue weighted by Gasteiger charge is -2.31. The summed E-state index contributed by atoms with van der Waals surface area (Å²) in [6, 6.07) is 7.71. The highest BCUT2D eigenvalue weighted by Gasteiger charge is 2.23. The van der Waals surface area contributed by atoms with Gasteiger partial charge in [0.05, 0.1) is 5.69 Å². The minimum atomic E-state index is 0.0871. The molecule has 118 valence electrons. The van der Waals surface area contributed by atoms with Crippen LogP contribution < -0.4 is 5.01 Å². The van der Waals surface area contributed by atoms with Gasteiger partial charge in [-0.3, -0.25) is 9.80 Å². The first-order valence-electron chi connectivity index (χ1n) is 7.99. The zero-order chi connectivity index (χ0) is 15.5. The Balaban J connectivity index is 1.64. The molecule has 2 aliphatic rings. The molecule has 0 unspecified atom stereocenters. The van der Waals surface area contributed by atoms with Gasteiger partial charge in [0.15, 0.2) is 0 Å². The summed E-state index contributed by atoms with van der Waals surface area (Å²) in [5.74, 6) is 0.437. The van der Waals surface area contributed by atoms with Gasteiger partial charge in [-0.25, -0.2) is 0 Å². The first-order chi connectivity index (χ1) is 10.7. The quantitative estimate of drug-likeness (QED) is 0.930. The first-order valence-corrected chi connectivity index (χ1v) is 7.99. The molecule has 2 aliphatic heterocycles. The third-order valence-electron chi connectivity index (χ3n) is 4.55. The minimum Gasteiger partial charge on any atom is -0.396 e. The highest BCUT2D eigenvalue weighted by atomic mass is 16.3. The van der Waals surface area contributed by atoms with E-state index in [2.05, 4.69) is 5.10 Å². The van der Waals surface area contributed by atoms with Gasteiger partial charge in [0.2, 0.25) is 0 Å². The van der Waals surface area contributed by atoms with Crippen LogP contribution in [0, 0.1) is 5.92 Å². The fourth-order valence-corrected chi connectivity index (χ4v) is 3.04. The molecule has 0 aliphatic carbocycles. The predicted molar refractivity (Wildman–Crippen MR) is 87.2 cm³/mol. The standard InChI is InChI=1S/C17H23N3O2/c1-13-6-11-20(18-13)16-4-2-15(3-5-16)17(22)19-9-7-14(12-21)8-10-19/h2-5,14,21H,6-12H2,1H3. The number of aliphatic hydroxyl groups excluding tert-OH is 1. The largest absolute Gasteiger partial charge is 0.396 e. The fourth-order valence-electron chi connectivity index (χ4n) is 3.04. The third-order valence-corrected chi connectivity index (χ3v) is 4.55. The molecule has 0 aromatic heterocycles. The zero-order valence-corrected chi connectivity index (χ0v) is 13.0. The van der Waals surface area contributed by atoms with Gasteiger partial charge in [-0.15, -0.1) is 0 Å². The summed E-state index contributed by atoms with van der Waals surface area (Å²) in [5, 5.41) is 15.6. The van der Waals surface area contributed by atoms with Gasteiger partial charge in [0.25, 0.3) is 5.91 Å². The molecule has 0 spiro atoms. The van der Waals surface area contributed by atoms with E-state index >= 15 is 0 Å². The molecule has 0 bridgehead atoms. The van der Waals surface area contributed by atoms with Crippen molar-refractivity contribution in [2.24, 2.45) is 11.0 Å². The summed E-state index contributed by atoms with van der Waals surface area (Å²) in [4.78, 5) is 14.4. The molecule has 1 aromatic rings. The lowest BCUT2D eigenvalue weighted by molar-refractivity contribution is 0.0651. The van der Waals surface area contributed by atoms with Crippen LogP contribution >= 0.6 is 0 Å². The van der Waals surface area contributed by atoms with Crippen LogP contribution in [0.15, 0.2) is 29.4 Å². The normalized spacial score (nSPS) is 19.5. The van der Waals surface area contributed by atoms with Crippen LogP contribution in [0.4, 0.5) is 5.69 Å². The molecule has 2 heterocycles. The van der Waals surface area contributed by atoms with E-state index in [1.165, 1.54) is 0 Å². The van der Waals surface area contributed by atoms with Gasteiger partial charge < -0.3 is 10.0 Å². The molecule has 1 amide bonds.